The number of carbonyl (C=O) groups excluding carboxylic acids is 1. The summed E-state index contributed by atoms with van der Waals surface area (Å²) in [4.78, 5) is 18.5. The standard InChI is InChI=1S/C34H47FN2O4/c1-10-15-25-29-23(20-28(40-11-2)32(30(29)35)41-12-3)34(7,8)37(25)21-27(38)22-18-24(33(4,5)6)31(39-9)26(19-22)36-16-13-14-17-36/h15,18-20H,10-14,16-17,21H2,1-9H3. The van der Waals surface area contributed by atoms with Crippen molar-refractivity contribution in [3.8, 4) is 17.2 Å². The number of anilines is 1. The number of halogens is 1. The normalized spacial score (nSPS) is 17.3. The average Bonchev–Trinajstić information content (AvgIpc) is 3.52. The number of nitrogens with zero attached hydrogens (tertiary/aromatic N) is 2. The maximum absolute atomic E-state index is 16.2. The molecule has 2 heterocycles. The fourth-order valence-corrected chi connectivity index (χ4v) is 6.13. The van der Waals surface area contributed by atoms with Gasteiger partial charge in [0.05, 0.1) is 38.1 Å². The first-order chi connectivity index (χ1) is 19.4. The molecule has 0 aromatic heterocycles. The largest absolute Gasteiger partial charge is 0.494 e. The summed E-state index contributed by atoms with van der Waals surface area (Å²) in [6.45, 7) is 18.9. The van der Waals surface area contributed by atoms with Crippen molar-refractivity contribution in [1.82, 2.24) is 4.90 Å². The van der Waals surface area contributed by atoms with Gasteiger partial charge < -0.3 is 24.0 Å². The molecule has 2 aliphatic rings. The molecular weight excluding hydrogens is 519 g/mol. The van der Waals surface area contributed by atoms with Crippen LogP contribution in [0.15, 0.2) is 24.3 Å². The molecule has 4 rings (SSSR count). The molecule has 2 aromatic rings. The first-order valence-electron chi connectivity index (χ1n) is 15.0. The lowest BCUT2D eigenvalue weighted by atomic mass is 9.84. The van der Waals surface area contributed by atoms with Gasteiger partial charge in [0, 0.05) is 35.5 Å². The number of ketones is 1. The Morgan fingerprint density at radius 1 is 1.02 bits per heavy atom. The van der Waals surface area contributed by atoms with Gasteiger partial charge in [-0.2, -0.15) is 0 Å². The van der Waals surface area contributed by atoms with E-state index < -0.39 is 11.4 Å². The zero-order valence-electron chi connectivity index (χ0n) is 26.4. The van der Waals surface area contributed by atoms with E-state index in [-0.39, 0.29) is 23.5 Å². The number of hydrogen-bond donors (Lipinski definition) is 0. The number of Topliss-reactive ketones (excluding diaryl/α,β-unsaturated/α-hetero) is 1. The van der Waals surface area contributed by atoms with Crippen LogP contribution >= 0.6 is 0 Å². The summed E-state index contributed by atoms with van der Waals surface area (Å²) in [6, 6.07) is 5.86. The van der Waals surface area contributed by atoms with E-state index in [1.54, 1.807) is 7.11 Å². The average molecular weight is 567 g/mol. The van der Waals surface area contributed by atoms with Crippen molar-refractivity contribution in [2.75, 3.05) is 44.9 Å². The Morgan fingerprint density at radius 3 is 2.24 bits per heavy atom. The second-order valence-electron chi connectivity index (χ2n) is 12.4. The van der Waals surface area contributed by atoms with Gasteiger partial charge in [0.1, 0.15) is 5.75 Å². The van der Waals surface area contributed by atoms with Crippen LogP contribution in [0.5, 0.6) is 17.2 Å². The molecule has 6 nitrogen and oxygen atoms in total. The van der Waals surface area contributed by atoms with Gasteiger partial charge in [-0.15, -0.1) is 0 Å². The molecule has 1 fully saturated rings. The molecule has 0 atom stereocenters. The summed E-state index contributed by atoms with van der Waals surface area (Å²) >= 11 is 0. The van der Waals surface area contributed by atoms with Crippen LogP contribution in [0, 0.1) is 5.82 Å². The maximum Gasteiger partial charge on any atom is 0.197 e. The van der Waals surface area contributed by atoms with Crippen molar-refractivity contribution in [2.45, 2.75) is 85.6 Å². The van der Waals surface area contributed by atoms with Gasteiger partial charge in [-0.25, -0.2) is 4.39 Å². The van der Waals surface area contributed by atoms with Crippen LogP contribution in [0.3, 0.4) is 0 Å². The maximum atomic E-state index is 16.2. The first-order valence-corrected chi connectivity index (χ1v) is 15.0. The van der Waals surface area contributed by atoms with Crippen molar-refractivity contribution >= 4 is 17.2 Å². The smallest absolute Gasteiger partial charge is 0.197 e. The lowest BCUT2D eigenvalue weighted by Gasteiger charge is -2.35. The molecule has 2 aliphatic heterocycles. The molecule has 0 aliphatic carbocycles. The Labute approximate surface area is 245 Å². The Kier molecular flexibility index (Phi) is 8.95. The highest BCUT2D eigenvalue weighted by Crippen LogP contribution is 2.51. The zero-order valence-corrected chi connectivity index (χ0v) is 26.4. The molecular formula is C34H47FN2O4. The molecule has 0 saturated carbocycles. The van der Waals surface area contributed by atoms with Crippen molar-refractivity contribution in [3.63, 3.8) is 0 Å². The second kappa shape index (κ2) is 11.9. The Balaban J connectivity index is 1.81. The number of rotatable bonds is 10. The molecule has 41 heavy (non-hydrogen) atoms. The number of carbonyl (C=O) groups is 1. The molecule has 7 heteroatoms. The lowest BCUT2D eigenvalue weighted by molar-refractivity contribution is 0.0912. The van der Waals surface area contributed by atoms with Gasteiger partial charge in [0.15, 0.2) is 23.1 Å². The summed E-state index contributed by atoms with van der Waals surface area (Å²) in [5.74, 6) is 0.899. The minimum absolute atomic E-state index is 0.0167. The predicted octanol–water partition coefficient (Wildman–Crippen LogP) is 7.71. The topological polar surface area (TPSA) is 51.2 Å². The van der Waals surface area contributed by atoms with Gasteiger partial charge >= 0.3 is 0 Å². The van der Waals surface area contributed by atoms with Crippen molar-refractivity contribution < 1.29 is 23.4 Å². The van der Waals surface area contributed by atoms with Crippen LogP contribution in [-0.2, 0) is 11.0 Å². The first kappa shape index (κ1) is 30.7. The summed E-state index contributed by atoms with van der Waals surface area (Å²) in [5, 5.41) is 0. The Hall–Kier alpha value is -3.22. The summed E-state index contributed by atoms with van der Waals surface area (Å²) in [6.07, 6.45) is 4.94. The molecule has 224 valence electrons. The van der Waals surface area contributed by atoms with Crippen LogP contribution in [0.25, 0.3) is 5.70 Å². The van der Waals surface area contributed by atoms with Crippen LogP contribution in [-0.4, -0.2) is 50.6 Å². The molecule has 0 amide bonds. The number of benzene rings is 2. The van der Waals surface area contributed by atoms with E-state index in [9.17, 15) is 4.79 Å². The van der Waals surface area contributed by atoms with E-state index >= 15 is 4.39 Å². The van der Waals surface area contributed by atoms with Crippen LogP contribution in [0.1, 0.15) is 102 Å². The van der Waals surface area contributed by atoms with Crippen LogP contribution < -0.4 is 19.1 Å². The van der Waals surface area contributed by atoms with Gasteiger partial charge in [-0.3, -0.25) is 4.79 Å². The van der Waals surface area contributed by atoms with Crippen molar-refractivity contribution in [2.24, 2.45) is 0 Å². The molecule has 2 aromatic carbocycles. The number of ether oxygens (including phenoxy) is 3. The highest BCUT2D eigenvalue weighted by molar-refractivity contribution is 6.00. The predicted molar refractivity (Wildman–Crippen MR) is 164 cm³/mol. The highest BCUT2D eigenvalue weighted by Gasteiger charge is 2.44. The number of hydrogen-bond acceptors (Lipinski definition) is 6. The molecule has 0 N–H and O–H groups in total. The minimum Gasteiger partial charge on any atom is -0.494 e. The lowest BCUT2D eigenvalue weighted by Crippen LogP contribution is -2.38. The monoisotopic (exact) mass is 566 g/mol. The second-order valence-corrected chi connectivity index (χ2v) is 12.4. The van der Waals surface area contributed by atoms with E-state index in [0.717, 1.165) is 48.5 Å². The van der Waals surface area contributed by atoms with E-state index in [0.29, 0.717) is 42.2 Å². The third-order valence-corrected chi connectivity index (χ3v) is 8.21. The van der Waals surface area contributed by atoms with Crippen molar-refractivity contribution in [1.29, 1.82) is 0 Å². The summed E-state index contributed by atoms with van der Waals surface area (Å²) in [5.41, 5.74) is 3.74. The summed E-state index contributed by atoms with van der Waals surface area (Å²) < 4.78 is 33.7. The third kappa shape index (κ3) is 5.64. The molecule has 0 radical (unpaired) electrons. The highest BCUT2D eigenvalue weighted by atomic mass is 19.1. The SMILES string of the molecule is CCC=C1c2c(cc(OCC)c(OCC)c2F)C(C)(C)N1CC(=O)c1cc(N2CCCC2)c(OC)c(C(C)(C)C)c1. The molecule has 1 saturated heterocycles. The van der Waals surface area contributed by atoms with Crippen LogP contribution in [0.2, 0.25) is 0 Å². The van der Waals surface area contributed by atoms with Gasteiger partial charge in [-0.05, 0) is 76.1 Å². The van der Waals surface area contributed by atoms with Gasteiger partial charge in [0.25, 0.3) is 0 Å². The molecule has 0 unspecified atom stereocenters. The fraction of sp³-hybridized carbons (Fsp3) is 0.559. The van der Waals surface area contributed by atoms with Gasteiger partial charge in [0.2, 0.25) is 0 Å². The molecule has 0 spiro atoms. The van der Waals surface area contributed by atoms with Crippen molar-refractivity contribution in [3.05, 3.63) is 52.3 Å². The Bertz CT molecular complexity index is 1320. The van der Waals surface area contributed by atoms with Gasteiger partial charge in [-0.1, -0.05) is 33.8 Å². The molecule has 0 bridgehead atoms. The van der Waals surface area contributed by atoms with E-state index in [2.05, 4.69) is 25.7 Å². The van der Waals surface area contributed by atoms with E-state index in [1.807, 2.05) is 63.8 Å². The van der Waals surface area contributed by atoms with E-state index in [1.165, 1.54) is 0 Å². The zero-order chi connectivity index (χ0) is 30.1. The fourth-order valence-electron chi connectivity index (χ4n) is 6.13. The van der Waals surface area contributed by atoms with Crippen LogP contribution in [0.4, 0.5) is 10.1 Å². The number of methoxy groups -OCH3 is 1. The quantitative estimate of drug-likeness (QED) is 0.275. The Morgan fingerprint density at radius 2 is 1.68 bits per heavy atom. The number of fused-ring (bicyclic) bond motifs is 1. The summed E-state index contributed by atoms with van der Waals surface area (Å²) in [7, 11) is 1.71. The third-order valence-electron chi connectivity index (χ3n) is 8.21. The number of allylic oxidation sites excluding steroid dienone is 1. The minimum atomic E-state index is -0.652. The van der Waals surface area contributed by atoms with E-state index in [4.69, 9.17) is 14.2 Å².